The fourth-order valence-corrected chi connectivity index (χ4v) is 8.58. The Bertz CT molecular complexity index is 1170. The summed E-state index contributed by atoms with van der Waals surface area (Å²) in [5, 5.41) is 0. The number of hydrogen-bond acceptors (Lipinski definition) is 0. The first kappa shape index (κ1) is 32.2. The van der Waals surface area contributed by atoms with Gasteiger partial charge in [0, 0.05) is 12.0 Å². The molecule has 0 aliphatic heterocycles. The van der Waals surface area contributed by atoms with Gasteiger partial charge < -0.3 is 0 Å². The summed E-state index contributed by atoms with van der Waals surface area (Å²) >= 11 is 0. The van der Waals surface area contributed by atoms with E-state index in [1.807, 2.05) is 19.1 Å². The van der Waals surface area contributed by atoms with E-state index in [9.17, 15) is 22.0 Å². The second kappa shape index (κ2) is 15.2. The fourth-order valence-electron chi connectivity index (χ4n) is 8.58. The maximum atomic E-state index is 14.4. The molecule has 0 radical (unpaired) electrons. The first-order valence-corrected chi connectivity index (χ1v) is 17.1. The normalized spacial score (nSPS) is 28.9. The van der Waals surface area contributed by atoms with E-state index in [4.69, 9.17) is 0 Å². The molecule has 43 heavy (non-hydrogen) atoms. The van der Waals surface area contributed by atoms with E-state index in [1.165, 1.54) is 82.6 Å². The predicted octanol–water partition coefficient (Wildman–Crippen LogP) is 12.4. The summed E-state index contributed by atoms with van der Waals surface area (Å²) < 4.78 is 68.8. The van der Waals surface area contributed by atoms with Gasteiger partial charge in [-0.3, -0.25) is 0 Å². The van der Waals surface area contributed by atoms with Crippen molar-refractivity contribution in [1.29, 1.82) is 0 Å². The van der Waals surface area contributed by atoms with Crippen LogP contribution in [0, 0.1) is 47.0 Å². The van der Waals surface area contributed by atoms with Gasteiger partial charge in [0.1, 0.15) is 5.83 Å². The van der Waals surface area contributed by atoms with Crippen LogP contribution in [0.1, 0.15) is 132 Å². The molecule has 0 bridgehead atoms. The van der Waals surface area contributed by atoms with Gasteiger partial charge in [-0.1, -0.05) is 50.5 Å². The predicted molar refractivity (Wildman–Crippen MR) is 165 cm³/mol. The van der Waals surface area contributed by atoms with E-state index in [-0.39, 0.29) is 6.42 Å². The minimum Gasteiger partial charge on any atom is -0.209 e. The molecule has 3 saturated carbocycles. The van der Waals surface area contributed by atoms with Crippen molar-refractivity contribution in [3.05, 3.63) is 76.4 Å². The summed E-state index contributed by atoms with van der Waals surface area (Å²) in [5.74, 6) is -0.447. The van der Waals surface area contributed by atoms with Gasteiger partial charge in [0.05, 0.1) is 0 Å². The molecule has 0 unspecified atom stereocenters. The van der Waals surface area contributed by atoms with Crippen LogP contribution in [0.15, 0.2) is 42.2 Å². The Labute approximate surface area is 255 Å². The quantitative estimate of drug-likeness (QED) is 0.188. The van der Waals surface area contributed by atoms with Gasteiger partial charge in [-0.2, -0.15) is 0 Å². The first-order chi connectivity index (χ1) is 20.8. The van der Waals surface area contributed by atoms with E-state index in [0.717, 1.165) is 48.6 Å². The van der Waals surface area contributed by atoms with E-state index in [1.54, 1.807) is 12.1 Å². The highest BCUT2D eigenvalue weighted by Gasteiger charge is 2.35. The van der Waals surface area contributed by atoms with E-state index >= 15 is 0 Å². The summed E-state index contributed by atoms with van der Waals surface area (Å²) in [6.07, 6.45) is 18.5. The van der Waals surface area contributed by atoms with Crippen LogP contribution < -0.4 is 0 Å². The van der Waals surface area contributed by atoms with E-state index in [0.29, 0.717) is 35.8 Å². The van der Waals surface area contributed by atoms with Crippen molar-refractivity contribution in [1.82, 2.24) is 0 Å². The lowest BCUT2D eigenvalue weighted by Crippen LogP contribution is -2.29. The number of halogens is 5. The van der Waals surface area contributed by atoms with Crippen molar-refractivity contribution in [2.75, 3.05) is 0 Å². The van der Waals surface area contributed by atoms with Crippen LogP contribution >= 0.6 is 0 Å². The average molecular weight is 601 g/mol. The second-order valence-electron chi connectivity index (χ2n) is 13.9. The Morgan fingerprint density at radius 3 is 1.67 bits per heavy atom. The van der Waals surface area contributed by atoms with Crippen molar-refractivity contribution in [2.45, 2.75) is 122 Å². The van der Waals surface area contributed by atoms with Crippen molar-refractivity contribution >= 4 is 5.83 Å². The lowest BCUT2D eigenvalue weighted by molar-refractivity contribution is 0.109. The lowest BCUT2D eigenvalue weighted by atomic mass is 9.64. The van der Waals surface area contributed by atoms with Crippen LogP contribution in [-0.4, -0.2) is 0 Å². The average Bonchev–Trinajstić information content (AvgIpc) is 3.05. The molecule has 3 aliphatic rings. The number of benzene rings is 2. The van der Waals surface area contributed by atoms with Gasteiger partial charge in [-0.15, -0.1) is 0 Å². The third kappa shape index (κ3) is 8.31. The Morgan fingerprint density at radius 1 is 0.674 bits per heavy atom. The zero-order valence-electron chi connectivity index (χ0n) is 25.8. The molecule has 3 aliphatic carbocycles. The molecule has 5 rings (SSSR count). The molecular weight excluding hydrogens is 551 g/mol. The highest BCUT2D eigenvalue weighted by atomic mass is 19.2. The largest absolute Gasteiger partial charge is 0.209 e. The highest BCUT2D eigenvalue weighted by Crippen LogP contribution is 2.47. The molecule has 0 N–H and O–H groups in total. The van der Waals surface area contributed by atoms with Crippen molar-refractivity contribution in [3.8, 4) is 0 Å². The first-order valence-electron chi connectivity index (χ1n) is 17.1. The fraction of sp³-hybridized carbons (Fsp3) is 0.632. The molecule has 0 atom stereocenters. The van der Waals surface area contributed by atoms with Crippen LogP contribution in [0.5, 0.6) is 0 Å². The minimum absolute atomic E-state index is 0.172. The Kier molecular flexibility index (Phi) is 11.4. The summed E-state index contributed by atoms with van der Waals surface area (Å²) in [6.45, 7) is 1.98. The van der Waals surface area contributed by atoms with Crippen LogP contribution in [-0.2, 0) is 6.42 Å². The van der Waals surface area contributed by atoms with Gasteiger partial charge in [-0.05, 0) is 142 Å². The minimum atomic E-state index is -1.38. The summed E-state index contributed by atoms with van der Waals surface area (Å²) in [7, 11) is 0. The number of allylic oxidation sites excluding steroid dienone is 1. The van der Waals surface area contributed by atoms with Crippen molar-refractivity contribution < 1.29 is 22.0 Å². The van der Waals surface area contributed by atoms with E-state index < -0.39 is 29.1 Å². The maximum Gasteiger partial charge on any atom is 0.194 e. The maximum absolute atomic E-state index is 14.4. The van der Waals surface area contributed by atoms with Gasteiger partial charge in [0.2, 0.25) is 0 Å². The van der Waals surface area contributed by atoms with Crippen LogP contribution in [0.2, 0.25) is 0 Å². The molecule has 0 heterocycles. The third-order valence-corrected chi connectivity index (χ3v) is 11.3. The molecular formula is C38H49F5. The monoisotopic (exact) mass is 600 g/mol. The molecule has 3 fully saturated rings. The van der Waals surface area contributed by atoms with Gasteiger partial charge >= 0.3 is 0 Å². The highest BCUT2D eigenvalue weighted by molar-refractivity contribution is 5.61. The summed E-state index contributed by atoms with van der Waals surface area (Å²) in [5.41, 5.74) is 2.18. The molecule has 0 aromatic heterocycles. The van der Waals surface area contributed by atoms with E-state index in [2.05, 4.69) is 0 Å². The molecule has 2 aromatic rings. The zero-order chi connectivity index (χ0) is 30.3. The summed E-state index contributed by atoms with van der Waals surface area (Å²) in [6, 6.07) is 9.82. The molecule has 0 amide bonds. The van der Waals surface area contributed by atoms with Crippen molar-refractivity contribution in [3.63, 3.8) is 0 Å². The lowest BCUT2D eigenvalue weighted by Gasteiger charge is -2.41. The molecule has 2 aromatic carbocycles. The Morgan fingerprint density at radius 2 is 1.16 bits per heavy atom. The molecule has 0 saturated heterocycles. The third-order valence-electron chi connectivity index (χ3n) is 11.3. The number of unbranched alkanes of at least 4 members (excludes halogenated alkanes) is 1. The van der Waals surface area contributed by atoms with Crippen LogP contribution in [0.3, 0.4) is 0 Å². The molecule has 5 heteroatoms. The smallest absolute Gasteiger partial charge is 0.194 e. The SMILES string of the molecule is CCCC/C(F)=C(\F)c1ccc(C2CCC(C3CCC(C4CCC(CCc5cc(F)c(F)c(F)c5)CC4)CC3)CC2)cc1. The Hall–Kier alpha value is -2.17. The summed E-state index contributed by atoms with van der Waals surface area (Å²) in [4.78, 5) is 0. The van der Waals surface area contributed by atoms with Crippen LogP contribution in [0.4, 0.5) is 22.0 Å². The molecule has 0 nitrogen and oxygen atoms in total. The standard InChI is InChI=1S/C38H49F5/c1-2-3-4-34(39)37(42)33-21-19-32(20-22-33)31-17-15-30(16-18-31)29-13-11-28(12-14-29)27-9-7-25(8-10-27)5-6-26-23-35(40)38(43)36(41)24-26/h19-25,27-31H,2-18H2,1H3/b37-34+. The molecule has 236 valence electrons. The number of aryl methyl sites for hydroxylation is 1. The Balaban J connectivity index is 1.01. The van der Waals surface area contributed by atoms with Crippen LogP contribution in [0.25, 0.3) is 5.83 Å². The molecule has 0 spiro atoms. The van der Waals surface area contributed by atoms with Gasteiger partial charge in [0.25, 0.3) is 0 Å². The number of rotatable bonds is 10. The van der Waals surface area contributed by atoms with Gasteiger partial charge in [-0.25, -0.2) is 22.0 Å². The number of hydrogen-bond donors (Lipinski definition) is 0. The zero-order valence-corrected chi connectivity index (χ0v) is 25.8. The van der Waals surface area contributed by atoms with Gasteiger partial charge in [0.15, 0.2) is 23.3 Å². The second-order valence-corrected chi connectivity index (χ2v) is 13.9. The van der Waals surface area contributed by atoms with Crippen molar-refractivity contribution in [2.24, 2.45) is 29.6 Å². The topological polar surface area (TPSA) is 0 Å².